The first-order valence-corrected chi connectivity index (χ1v) is 6.14. The second kappa shape index (κ2) is 5.49. The van der Waals surface area contributed by atoms with Crippen LogP contribution in [0.4, 0.5) is 0 Å². The predicted molar refractivity (Wildman–Crippen MR) is 71.8 cm³/mol. The first kappa shape index (κ1) is 13.0. The third-order valence-electron chi connectivity index (χ3n) is 3.02. The molecule has 1 aromatic carbocycles. The lowest BCUT2D eigenvalue weighted by Crippen LogP contribution is -2.12. The van der Waals surface area contributed by atoms with E-state index in [1.54, 1.807) is 22.9 Å². The zero-order valence-electron chi connectivity index (χ0n) is 11.1. The minimum atomic E-state index is -0.106. The molecule has 4 heteroatoms. The zero-order valence-corrected chi connectivity index (χ0v) is 11.1. The summed E-state index contributed by atoms with van der Waals surface area (Å²) in [7, 11) is 0. The number of hydrogen-bond donors (Lipinski definition) is 0. The summed E-state index contributed by atoms with van der Waals surface area (Å²) < 4.78 is 1.80. The fourth-order valence-electron chi connectivity index (χ4n) is 1.92. The fraction of sp³-hybridized carbons (Fsp3) is 0.267. The maximum atomic E-state index is 12.4. The highest BCUT2D eigenvalue weighted by atomic mass is 16.1. The summed E-state index contributed by atoms with van der Waals surface area (Å²) in [5, 5.41) is 8.66. The van der Waals surface area contributed by atoms with E-state index in [2.05, 4.69) is 11.1 Å². The van der Waals surface area contributed by atoms with Crippen LogP contribution in [0.15, 0.2) is 30.5 Å². The van der Waals surface area contributed by atoms with Gasteiger partial charge in [-0.2, -0.15) is 5.26 Å². The summed E-state index contributed by atoms with van der Waals surface area (Å²) in [6.07, 6.45) is 2.03. The van der Waals surface area contributed by atoms with Gasteiger partial charge in [-0.15, -0.1) is 0 Å². The fourth-order valence-corrected chi connectivity index (χ4v) is 1.92. The molecule has 0 amide bonds. The summed E-state index contributed by atoms with van der Waals surface area (Å²) >= 11 is 0. The second-order valence-electron chi connectivity index (χ2n) is 4.48. The van der Waals surface area contributed by atoms with E-state index in [-0.39, 0.29) is 5.78 Å². The largest absolute Gasteiger partial charge is 0.325 e. The molecule has 19 heavy (non-hydrogen) atoms. The molecule has 4 nitrogen and oxygen atoms in total. The van der Waals surface area contributed by atoms with Gasteiger partial charge in [0.25, 0.3) is 0 Å². The van der Waals surface area contributed by atoms with Crippen LogP contribution < -0.4 is 0 Å². The minimum absolute atomic E-state index is 0.106. The highest BCUT2D eigenvalue weighted by molar-refractivity contribution is 6.06. The molecular formula is C15H15N3O. The van der Waals surface area contributed by atoms with Gasteiger partial charge in [0, 0.05) is 24.0 Å². The molecule has 0 bridgehead atoms. The van der Waals surface area contributed by atoms with Gasteiger partial charge in [0.1, 0.15) is 0 Å². The highest BCUT2D eigenvalue weighted by Gasteiger charge is 2.16. The van der Waals surface area contributed by atoms with E-state index >= 15 is 0 Å². The number of carbonyl (C=O) groups is 1. The van der Waals surface area contributed by atoms with E-state index in [0.717, 1.165) is 11.3 Å². The van der Waals surface area contributed by atoms with Crippen molar-refractivity contribution in [3.05, 3.63) is 53.1 Å². The number of aryl methyl sites for hydroxylation is 2. The molecule has 0 saturated carbocycles. The quantitative estimate of drug-likeness (QED) is 0.787. The summed E-state index contributed by atoms with van der Waals surface area (Å²) in [5.74, 6) is 0.294. The number of aromatic nitrogens is 2. The van der Waals surface area contributed by atoms with Gasteiger partial charge in [-0.05, 0) is 13.8 Å². The van der Waals surface area contributed by atoms with E-state index in [1.165, 1.54) is 0 Å². The molecule has 1 aromatic heterocycles. The predicted octanol–water partition coefficient (Wildman–Crippen LogP) is 2.64. The van der Waals surface area contributed by atoms with Crippen molar-refractivity contribution in [1.29, 1.82) is 5.26 Å². The van der Waals surface area contributed by atoms with Gasteiger partial charge in [0.05, 0.1) is 12.5 Å². The van der Waals surface area contributed by atoms with Crippen molar-refractivity contribution >= 4 is 5.78 Å². The first-order chi connectivity index (χ1) is 9.13. The van der Waals surface area contributed by atoms with E-state index < -0.39 is 0 Å². The Hall–Kier alpha value is -2.41. The lowest BCUT2D eigenvalue weighted by molar-refractivity contribution is 0.102. The van der Waals surface area contributed by atoms with Crippen LogP contribution in [-0.4, -0.2) is 15.3 Å². The smallest absolute Gasteiger partial charge is 0.228 e. The van der Waals surface area contributed by atoms with Crippen LogP contribution >= 0.6 is 0 Å². The molecule has 0 unspecified atom stereocenters. The van der Waals surface area contributed by atoms with E-state index in [9.17, 15) is 4.79 Å². The molecule has 96 valence electrons. The van der Waals surface area contributed by atoms with Crippen molar-refractivity contribution < 1.29 is 4.79 Å². The van der Waals surface area contributed by atoms with E-state index in [4.69, 9.17) is 5.26 Å². The zero-order chi connectivity index (χ0) is 13.8. The van der Waals surface area contributed by atoms with Crippen LogP contribution in [-0.2, 0) is 6.54 Å². The average Bonchev–Trinajstić information content (AvgIpc) is 2.78. The number of rotatable bonds is 4. The SMILES string of the molecule is Cc1ccc(C(=O)c2ncc(C)n2CCC#N)cc1. The van der Waals surface area contributed by atoms with Crippen molar-refractivity contribution in [2.75, 3.05) is 0 Å². The Bertz CT molecular complexity index is 632. The van der Waals surface area contributed by atoms with Crippen molar-refractivity contribution in [3.8, 4) is 6.07 Å². The first-order valence-electron chi connectivity index (χ1n) is 6.14. The topological polar surface area (TPSA) is 58.7 Å². The van der Waals surface area contributed by atoms with E-state index in [0.29, 0.717) is 24.4 Å². The highest BCUT2D eigenvalue weighted by Crippen LogP contribution is 2.12. The minimum Gasteiger partial charge on any atom is -0.325 e. The van der Waals surface area contributed by atoms with Gasteiger partial charge >= 0.3 is 0 Å². The molecule has 0 aliphatic carbocycles. The van der Waals surface area contributed by atoms with Crippen LogP contribution in [0.3, 0.4) is 0 Å². The van der Waals surface area contributed by atoms with Crippen molar-refractivity contribution in [2.24, 2.45) is 0 Å². The van der Waals surface area contributed by atoms with Gasteiger partial charge in [-0.1, -0.05) is 29.8 Å². The second-order valence-corrected chi connectivity index (χ2v) is 4.48. The molecule has 0 spiro atoms. The van der Waals surface area contributed by atoms with Crippen molar-refractivity contribution in [3.63, 3.8) is 0 Å². The molecule has 2 aromatic rings. The molecule has 2 rings (SSSR count). The van der Waals surface area contributed by atoms with Gasteiger partial charge in [0.15, 0.2) is 5.82 Å². The van der Waals surface area contributed by atoms with Crippen molar-refractivity contribution in [1.82, 2.24) is 9.55 Å². The van der Waals surface area contributed by atoms with Gasteiger partial charge in [-0.3, -0.25) is 4.79 Å². The van der Waals surface area contributed by atoms with Crippen molar-refractivity contribution in [2.45, 2.75) is 26.8 Å². The third-order valence-corrected chi connectivity index (χ3v) is 3.02. The number of imidazole rings is 1. The Morgan fingerprint density at radius 1 is 1.32 bits per heavy atom. The Morgan fingerprint density at radius 2 is 2.00 bits per heavy atom. The Balaban J connectivity index is 2.34. The Labute approximate surface area is 112 Å². The Kier molecular flexibility index (Phi) is 3.76. The lowest BCUT2D eigenvalue weighted by atomic mass is 10.1. The Morgan fingerprint density at radius 3 is 2.63 bits per heavy atom. The number of nitriles is 1. The van der Waals surface area contributed by atoms with Crippen LogP contribution in [0.5, 0.6) is 0 Å². The molecule has 0 aliphatic heterocycles. The van der Waals surface area contributed by atoms with Gasteiger partial charge in [-0.25, -0.2) is 4.98 Å². The van der Waals surface area contributed by atoms with Gasteiger partial charge < -0.3 is 4.57 Å². The van der Waals surface area contributed by atoms with E-state index in [1.807, 2.05) is 26.0 Å². The summed E-state index contributed by atoms with van der Waals surface area (Å²) in [4.78, 5) is 16.6. The lowest BCUT2D eigenvalue weighted by Gasteiger charge is -2.07. The molecule has 0 atom stereocenters. The van der Waals surface area contributed by atoms with Crippen LogP contribution in [0.1, 0.15) is 33.9 Å². The molecule has 0 N–H and O–H groups in total. The van der Waals surface area contributed by atoms with Crippen LogP contribution in [0.25, 0.3) is 0 Å². The standard InChI is InChI=1S/C15H15N3O/c1-11-4-6-13(7-5-11)14(19)15-17-10-12(2)18(15)9-3-8-16/h4-7,10H,3,9H2,1-2H3. The van der Waals surface area contributed by atoms with Gasteiger partial charge in [0.2, 0.25) is 5.78 Å². The molecular weight excluding hydrogens is 238 g/mol. The summed E-state index contributed by atoms with van der Waals surface area (Å²) in [6, 6.07) is 9.50. The summed E-state index contributed by atoms with van der Waals surface area (Å²) in [5.41, 5.74) is 2.63. The third kappa shape index (κ3) is 2.71. The number of nitrogens with zero attached hydrogens (tertiary/aromatic N) is 3. The van der Waals surface area contributed by atoms with Crippen LogP contribution in [0, 0.1) is 25.2 Å². The molecule has 0 aliphatic rings. The average molecular weight is 253 g/mol. The molecule has 0 radical (unpaired) electrons. The van der Waals surface area contributed by atoms with Crippen LogP contribution in [0.2, 0.25) is 0 Å². The molecule has 0 saturated heterocycles. The number of hydrogen-bond acceptors (Lipinski definition) is 3. The molecule has 1 heterocycles. The number of ketones is 1. The number of benzene rings is 1. The maximum Gasteiger partial charge on any atom is 0.228 e. The normalized spacial score (nSPS) is 10.2. The maximum absolute atomic E-state index is 12.4. The summed E-state index contributed by atoms with van der Waals surface area (Å²) in [6.45, 7) is 4.36. The molecule has 0 fully saturated rings. The number of carbonyl (C=O) groups excluding carboxylic acids is 1. The monoisotopic (exact) mass is 253 g/mol.